The molecule has 104 valence electrons. The summed E-state index contributed by atoms with van der Waals surface area (Å²) in [5.41, 5.74) is 1.85. The van der Waals surface area contributed by atoms with Crippen LogP contribution < -0.4 is 9.47 Å². The fourth-order valence-electron chi connectivity index (χ4n) is 1.82. The second kappa shape index (κ2) is 6.06. The zero-order valence-corrected chi connectivity index (χ0v) is 11.3. The molecule has 1 heterocycles. The van der Waals surface area contributed by atoms with Crippen LogP contribution in [-0.2, 0) is 6.61 Å². The second-order valence-electron chi connectivity index (χ2n) is 4.25. The maximum atomic E-state index is 10.9. The molecule has 0 radical (unpaired) electrons. The molecular weight excluding hydrogens is 258 g/mol. The monoisotopic (exact) mass is 273 g/mol. The van der Waals surface area contributed by atoms with Crippen LogP contribution >= 0.6 is 0 Å². The van der Waals surface area contributed by atoms with Crippen LogP contribution in [0.25, 0.3) is 0 Å². The molecule has 0 unspecified atom stereocenters. The summed E-state index contributed by atoms with van der Waals surface area (Å²) in [6.07, 6.45) is 1.65. The SMILES string of the molecule is COc1ncccc1COc1ccc(C(=O)O)cc1C. The Kier molecular flexibility index (Phi) is 4.20. The van der Waals surface area contributed by atoms with Gasteiger partial charge in [-0.1, -0.05) is 0 Å². The molecule has 0 spiro atoms. The molecule has 0 saturated heterocycles. The first-order chi connectivity index (χ1) is 9.61. The van der Waals surface area contributed by atoms with Gasteiger partial charge in [0.1, 0.15) is 12.4 Å². The molecule has 5 heteroatoms. The molecule has 0 aliphatic heterocycles. The Balaban J connectivity index is 2.13. The van der Waals surface area contributed by atoms with Gasteiger partial charge < -0.3 is 14.6 Å². The van der Waals surface area contributed by atoms with E-state index >= 15 is 0 Å². The van der Waals surface area contributed by atoms with Crippen LogP contribution in [0.3, 0.4) is 0 Å². The third kappa shape index (κ3) is 3.06. The molecule has 0 bridgehead atoms. The zero-order chi connectivity index (χ0) is 14.5. The lowest BCUT2D eigenvalue weighted by Gasteiger charge is -2.11. The van der Waals surface area contributed by atoms with Crippen molar-refractivity contribution < 1.29 is 19.4 Å². The zero-order valence-electron chi connectivity index (χ0n) is 11.3. The van der Waals surface area contributed by atoms with Gasteiger partial charge in [-0.25, -0.2) is 9.78 Å². The fraction of sp³-hybridized carbons (Fsp3) is 0.200. The Morgan fingerprint density at radius 1 is 1.35 bits per heavy atom. The summed E-state index contributed by atoms with van der Waals surface area (Å²) in [6.45, 7) is 2.12. The molecule has 0 amide bonds. The number of aryl methyl sites for hydroxylation is 1. The Morgan fingerprint density at radius 2 is 2.15 bits per heavy atom. The summed E-state index contributed by atoms with van der Waals surface area (Å²) < 4.78 is 10.8. The largest absolute Gasteiger partial charge is 0.488 e. The lowest BCUT2D eigenvalue weighted by Crippen LogP contribution is -2.02. The quantitative estimate of drug-likeness (QED) is 0.907. The molecule has 0 saturated carbocycles. The van der Waals surface area contributed by atoms with Crippen molar-refractivity contribution >= 4 is 5.97 Å². The first kappa shape index (κ1) is 13.9. The van der Waals surface area contributed by atoms with Gasteiger partial charge in [-0.3, -0.25) is 0 Å². The van der Waals surface area contributed by atoms with E-state index in [-0.39, 0.29) is 5.56 Å². The predicted molar refractivity (Wildman–Crippen MR) is 73.3 cm³/mol. The van der Waals surface area contributed by atoms with Crippen molar-refractivity contribution in [3.05, 3.63) is 53.2 Å². The normalized spacial score (nSPS) is 10.1. The summed E-state index contributed by atoms with van der Waals surface area (Å²) in [4.78, 5) is 15.0. The number of nitrogens with zero attached hydrogens (tertiary/aromatic N) is 1. The highest BCUT2D eigenvalue weighted by Crippen LogP contribution is 2.22. The molecule has 0 atom stereocenters. The van der Waals surface area contributed by atoms with E-state index in [1.807, 2.05) is 19.1 Å². The molecular formula is C15H15NO4. The van der Waals surface area contributed by atoms with Crippen LogP contribution in [0.5, 0.6) is 11.6 Å². The van der Waals surface area contributed by atoms with Gasteiger partial charge >= 0.3 is 5.97 Å². The van der Waals surface area contributed by atoms with E-state index in [9.17, 15) is 4.79 Å². The van der Waals surface area contributed by atoms with E-state index in [1.54, 1.807) is 25.4 Å². The lowest BCUT2D eigenvalue weighted by atomic mass is 10.1. The first-order valence-electron chi connectivity index (χ1n) is 6.06. The number of carboxylic acids is 1. The maximum absolute atomic E-state index is 10.9. The number of aromatic nitrogens is 1. The Morgan fingerprint density at radius 3 is 2.80 bits per heavy atom. The Labute approximate surface area is 116 Å². The number of benzene rings is 1. The topological polar surface area (TPSA) is 68.7 Å². The minimum absolute atomic E-state index is 0.244. The van der Waals surface area contributed by atoms with Gasteiger partial charge in [-0.15, -0.1) is 0 Å². The minimum atomic E-state index is -0.950. The van der Waals surface area contributed by atoms with Crippen molar-refractivity contribution in [1.29, 1.82) is 0 Å². The summed E-state index contributed by atoms with van der Waals surface area (Å²) >= 11 is 0. The number of methoxy groups -OCH3 is 1. The van der Waals surface area contributed by atoms with Crippen molar-refractivity contribution in [2.24, 2.45) is 0 Å². The summed E-state index contributed by atoms with van der Waals surface area (Å²) in [6, 6.07) is 8.43. The molecule has 1 aromatic heterocycles. The summed E-state index contributed by atoms with van der Waals surface area (Å²) in [5, 5.41) is 8.91. The second-order valence-corrected chi connectivity index (χ2v) is 4.25. The van der Waals surface area contributed by atoms with Crippen LogP contribution in [0.2, 0.25) is 0 Å². The molecule has 2 aromatic rings. The fourth-order valence-corrected chi connectivity index (χ4v) is 1.82. The van der Waals surface area contributed by atoms with Crippen LogP contribution in [-0.4, -0.2) is 23.2 Å². The lowest BCUT2D eigenvalue weighted by molar-refractivity contribution is 0.0696. The van der Waals surface area contributed by atoms with Crippen molar-refractivity contribution in [1.82, 2.24) is 4.98 Å². The molecule has 0 fully saturated rings. The number of carbonyl (C=O) groups is 1. The van der Waals surface area contributed by atoms with E-state index in [0.29, 0.717) is 18.2 Å². The average Bonchev–Trinajstić information content (AvgIpc) is 2.46. The van der Waals surface area contributed by atoms with Crippen LogP contribution in [0.15, 0.2) is 36.5 Å². The van der Waals surface area contributed by atoms with E-state index in [1.165, 1.54) is 6.07 Å². The van der Waals surface area contributed by atoms with Gasteiger partial charge in [-0.2, -0.15) is 0 Å². The van der Waals surface area contributed by atoms with Gasteiger partial charge in [0.25, 0.3) is 0 Å². The van der Waals surface area contributed by atoms with Gasteiger partial charge in [0.15, 0.2) is 0 Å². The van der Waals surface area contributed by atoms with Gasteiger partial charge in [-0.05, 0) is 42.8 Å². The van der Waals surface area contributed by atoms with Crippen LogP contribution in [0, 0.1) is 6.92 Å². The highest BCUT2D eigenvalue weighted by molar-refractivity contribution is 5.88. The third-order valence-corrected chi connectivity index (χ3v) is 2.85. The first-order valence-corrected chi connectivity index (χ1v) is 6.06. The molecule has 2 rings (SSSR count). The number of ether oxygens (including phenoxy) is 2. The maximum Gasteiger partial charge on any atom is 0.335 e. The van der Waals surface area contributed by atoms with Crippen molar-refractivity contribution in [3.8, 4) is 11.6 Å². The molecule has 1 aromatic carbocycles. The summed E-state index contributed by atoms with van der Waals surface area (Å²) in [7, 11) is 1.55. The molecule has 5 nitrogen and oxygen atoms in total. The van der Waals surface area contributed by atoms with Gasteiger partial charge in [0.2, 0.25) is 5.88 Å². The van der Waals surface area contributed by atoms with Crippen molar-refractivity contribution in [2.75, 3.05) is 7.11 Å². The van der Waals surface area contributed by atoms with E-state index in [2.05, 4.69) is 4.98 Å². The van der Waals surface area contributed by atoms with Crippen LogP contribution in [0.4, 0.5) is 0 Å². The number of aromatic carboxylic acids is 1. The Bertz CT molecular complexity index is 625. The van der Waals surface area contributed by atoms with Crippen molar-refractivity contribution in [3.63, 3.8) is 0 Å². The molecule has 0 aliphatic rings. The summed E-state index contributed by atoms with van der Waals surface area (Å²) in [5.74, 6) is 0.210. The number of carboxylic acid groups (broad SMARTS) is 1. The predicted octanol–water partition coefficient (Wildman–Crippen LogP) is 2.68. The smallest absolute Gasteiger partial charge is 0.335 e. The number of hydrogen-bond donors (Lipinski definition) is 1. The van der Waals surface area contributed by atoms with Crippen LogP contribution in [0.1, 0.15) is 21.5 Å². The number of pyridine rings is 1. The molecule has 0 aliphatic carbocycles. The van der Waals surface area contributed by atoms with Gasteiger partial charge in [0.05, 0.1) is 18.2 Å². The Hall–Kier alpha value is -2.56. The average molecular weight is 273 g/mol. The highest BCUT2D eigenvalue weighted by atomic mass is 16.5. The highest BCUT2D eigenvalue weighted by Gasteiger charge is 2.08. The number of rotatable bonds is 5. The standard InChI is InChI=1S/C15H15NO4/c1-10-8-11(15(17)18)5-6-13(10)20-9-12-4-3-7-16-14(12)19-2/h3-8H,9H2,1-2H3,(H,17,18). The van der Waals surface area contributed by atoms with E-state index < -0.39 is 5.97 Å². The molecule has 1 N–H and O–H groups in total. The minimum Gasteiger partial charge on any atom is -0.488 e. The van der Waals surface area contributed by atoms with E-state index in [4.69, 9.17) is 14.6 Å². The van der Waals surface area contributed by atoms with E-state index in [0.717, 1.165) is 11.1 Å². The third-order valence-electron chi connectivity index (χ3n) is 2.85. The molecule has 20 heavy (non-hydrogen) atoms. The van der Waals surface area contributed by atoms with Gasteiger partial charge in [0, 0.05) is 6.20 Å². The van der Waals surface area contributed by atoms with Crippen molar-refractivity contribution in [2.45, 2.75) is 13.5 Å². The number of hydrogen-bond acceptors (Lipinski definition) is 4.